The molecular formula is C16H19FN2O3. The van der Waals surface area contributed by atoms with E-state index in [0.29, 0.717) is 49.6 Å². The summed E-state index contributed by atoms with van der Waals surface area (Å²) in [6, 6.07) is 6.12. The van der Waals surface area contributed by atoms with Crippen molar-refractivity contribution in [2.45, 2.75) is 25.0 Å². The van der Waals surface area contributed by atoms with Gasteiger partial charge in [0, 0.05) is 37.8 Å². The zero-order chi connectivity index (χ0) is 15.6. The fourth-order valence-electron chi connectivity index (χ4n) is 2.68. The van der Waals surface area contributed by atoms with Crippen LogP contribution in [0.4, 0.5) is 4.39 Å². The minimum atomic E-state index is -0.798. The molecule has 1 aromatic carbocycles. The van der Waals surface area contributed by atoms with Gasteiger partial charge in [0.1, 0.15) is 11.6 Å². The fourth-order valence-corrected chi connectivity index (χ4v) is 2.68. The van der Waals surface area contributed by atoms with E-state index in [-0.39, 0.29) is 5.82 Å². The first-order valence-corrected chi connectivity index (χ1v) is 7.27. The smallest absolute Gasteiger partial charge is 0.128 e. The van der Waals surface area contributed by atoms with Crippen molar-refractivity contribution in [1.82, 2.24) is 9.78 Å². The molecule has 22 heavy (non-hydrogen) atoms. The van der Waals surface area contributed by atoms with Gasteiger partial charge in [-0.2, -0.15) is 5.10 Å². The molecule has 6 heteroatoms. The van der Waals surface area contributed by atoms with E-state index in [0.717, 1.165) is 0 Å². The van der Waals surface area contributed by atoms with Crippen LogP contribution < -0.4 is 4.74 Å². The number of hydrogen-bond acceptors (Lipinski definition) is 4. The molecular weight excluding hydrogens is 287 g/mol. The predicted octanol–water partition coefficient (Wildman–Crippen LogP) is 2.24. The highest BCUT2D eigenvalue weighted by atomic mass is 19.1. The SMILES string of the molecule is COc1ccc(F)cc1-c1ccn(CC2(O)CCOCC2)n1. The van der Waals surface area contributed by atoms with Gasteiger partial charge in [0.2, 0.25) is 0 Å². The minimum Gasteiger partial charge on any atom is -0.496 e. The summed E-state index contributed by atoms with van der Waals surface area (Å²) in [5.74, 6) is 0.227. The van der Waals surface area contributed by atoms with E-state index in [2.05, 4.69) is 5.10 Å². The molecule has 0 unspecified atom stereocenters. The number of methoxy groups -OCH3 is 1. The Morgan fingerprint density at radius 3 is 2.86 bits per heavy atom. The van der Waals surface area contributed by atoms with E-state index < -0.39 is 5.60 Å². The molecule has 1 aliphatic rings. The molecule has 1 fully saturated rings. The third-order valence-corrected chi connectivity index (χ3v) is 3.96. The Balaban J connectivity index is 1.83. The van der Waals surface area contributed by atoms with Crippen LogP contribution in [-0.2, 0) is 11.3 Å². The maximum absolute atomic E-state index is 13.5. The topological polar surface area (TPSA) is 56.5 Å². The van der Waals surface area contributed by atoms with Crippen LogP contribution in [0.2, 0.25) is 0 Å². The van der Waals surface area contributed by atoms with Gasteiger partial charge in [-0.1, -0.05) is 0 Å². The average molecular weight is 306 g/mol. The van der Waals surface area contributed by atoms with Gasteiger partial charge in [-0.15, -0.1) is 0 Å². The summed E-state index contributed by atoms with van der Waals surface area (Å²) in [6.07, 6.45) is 2.96. The summed E-state index contributed by atoms with van der Waals surface area (Å²) in [5.41, 5.74) is 0.417. The second-order valence-corrected chi connectivity index (χ2v) is 5.58. The number of nitrogens with zero attached hydrogens (tertiary/aromatic N) is 2. The van der Waals surface area contributed by atoms with Gasteiger partial charge in [0.15, 0.2) is 0 Å². The van der Waals surface area contributed by atoms with Gasteiger partial charge in [-0.3, -0.25) is 4.68 Å². The lowest BCUT2D eigenvalue weighted by atomic mass is 9.95. The van der Waals surface area contributed by atoms with E-state index in [1.165, 1.54) is 12.1 Å². The number of rotatable bonds is 4. The molecule has 5 nitrogen and oxygen atoms in total. The third kappa shape index (κ3) is 3.13. The highest BCUT2D eigenvalue weighted by molar-refractivity contribution is 5.66. The van der Waals surface area contributed by atoms with Crippen molar-refractivity contribution in [3.8, 4) is 17.0 Å². The highest BCUT2D eigenvalue weighted by Crippen LogP contribution is 2.30. The molecule has 1 saturated heterocycles. The van der Waals surface area contributed by atoms with Crippen LogP contribution in [0.3, 0.4) is 0 Å². The van der Waals surface area contributed by atoms with Crippen LogP contribution in [0, 0.1) is 5.82 Å². The van der Waals surface area contributed by atoms with E-state index in [1.807, 2.05) is 0 Å². The Morgan fingerprint density at radius 1 is 1.36 bits per heavy atom. The first kappa shape index (κ1) is 15.0. The lowest BCUT2D eigenvalue weighted by Crippen LogP contribution is -2.40. The molecule has 0 radical (unpaired) electrons. The Bertz CT molecular complexity index is 651. The molecule has 2 aromatic rings. The maximum Gasteiger partial charge on any atom is 0.128 e. The molecule has 0 aliphatic carbocycles. The lowest BCUT2D eigenvalue weighted by Gasteiger charge is -2.31. The maximum atomic E-state index is 13.5. The number of ether oxygens (including phenoxy) is 2. The lowest BCUT2D eigenvalue weighted by molar-refractivity contribution is -0.0744. The Kier molecular flexibility index (Phi) is 4.13. The van der Waals surface area contributed by atoms with Crippen molar-refractivity contribution in [1.29, 1.82) is 0 Å². The summed E-state index contributed by atoms with van der Waals surface area (Å²) in [4.78, 5) is 0. The molecule has 0 spiro atoms. The molecule has 0 amide bonds. The summed E-state index contributed by atoms with van der Waals surface area (Å²) in [7, 11) is 1.54. The Labute approximate surface area is 128 Å². The largest absolute Gasteiger partial charge is 0.496 e. The number of benzene rings is 1. The molecule has 3 rings (SSSR count). The third-order valence-electron chi connectivity index (χ3n) is 3.96. The van der Waals surface area contributed by atoms with Crippen LogP contribution in [-0.4, -0.2) is 40.8 Å². The predicted molar refractivity (Wildman–Crippen MR) is 79.2 cm³/mol. The fraction of sp³-hybridized carbons (Fsp3) is 0.438. The van der Waals surface area contributed by atoms with E-state index in [4.69, 9.17) is 9.47 Å². The summed E-state index contributed by atoms with van der Waals surface area (Å²) in [5, 5.41) is 15.0. The van der Waals surface area contributed by atoms with Crippen LogP contribution >= 0.6 is 0 Å². The normalized spacial score (nSPS) is 17.4. The van der Waals surface area contributed by atoms with Crippen molar-refractivity contribution < 1.29 is 19.0 Å². The zero-order valence-corrected chi connectivity index (χ0v) is 12.5. The minimum absolute atomic E-state index is 0.339. The van der Waals surface area contributed by atoms with E-state index in [1.54, 1.807) is 30.1 Å². The van der Waals surface area contributed by atoms with Gasteiger partial charge >= 0.3 is 0 Å². The molecule has 2 heterocycles. The molecule has 0 saturated carbocycles. The van der Waals surface area contributed by atoms with E-state index >= 15 is 0 Å². The average Bonchev–Trinajstić information content (AvgIpc) is 2.95. The number of aliphatic hydroxyl groups is 1. The quantitative estimate of drug-likeness (QED) is 0.941. The standard InChI is InChI=1S/C16H19FN2O3/c1-21-15-3-2-12(17)10-13(15)14-4-7-19(18-14)11-16(20)5-8-22-9-6-16/h2-4,7,10,20H,5-6,8-9,11H2,1H3. The number of aromatic nitrogens is 2. The first-order valence-electron chi connectivity index (χ1n) is 7.27. The second-order valence-electron chi connectivity index (χ2n) is 5.58. The molecule has 1 N–H and O–H groups in total. The number of halogens is 1. The molecule has 1 aromatic heterocycles. The van der Waals surface area contributed by atoms with Crippen LogP contribution in [0.5, 0.6) is 5.75 Å². The molecule has 0 atom stereocenters. The van der Waals surface area contributed by atoms with E-state index in [9.17, 15) is 9.50 Å². The van der Waals surface area contributed by atoms with Crippen molar-refractivity contribution in [2.75, 3.05) is 20.3 Å². The van der Waals surface area contributed by atoms with Gasteiger partial charge in [0.05, 0.1) is 24.9 Å². The summed E-state index contributed by atoms with van der Waals surface area (Å²) < 4.78 is 25.7. The molecule has 118 valence electrons. The molecule has 0 bridgehead atoms. The van der Waals surface area contributed by atoms with Crippen molar-refractivity contribution in [3.05, 3.63) is 36.3 Å². The zero-order valence-electron chi connectivity index (χ0n) is 12.5. The highest BCUT2D eigenvalue weighted by Gasteiger charge is 2.30. The Morgan fingerprint density at radius 2 is 2.14 bits per heavy atom. The Hall–Kier alpha value is -1.92. The van der Waals surface area contributed by atoms with Crippen molar-refractivity contribution >= 4 is 0 Å². The van der Waals surface area contributed by atoms with Crippen LogP contribution in [0.1, 0.15) is 12.8 Å². The summed E-state index contributed by atoms with van der Waals surface area (Å²) in [6.45, 7) is 1.51. The van der Waals surface area contributed by atoms with Gasteiger partial charge in [-0.25, -0.2) is 4.39 Å². The molecule has 1 aliphatic heterocycles. The van der Waals surface area contributed by atoms with Gasteiger partial charge < -0.3 is 14.6 Å². The second kappa shape index (κ2) is 6.06. The monoisotopic (exact) mass is 306 g/mol. The van der Waals surface area contributed by atoms with Crippen LogP contribution in [0.15, 0.2) is 30.5 Å². The summed E-state index contributed by atoms with van der Waals surface area (Å²) >= 11 is 0. The number of hydrogen-bond donors (Lipinski definition) is 1. The van der Waals surface area contributed by atoms with Gasteiger partial charge in [0.25, 0.3) is 0 Å². The van der Waals surface area contributed by atoms with Crippen molar-refractivity contribution in [3.63, 3.8) is 0 Å². The van der Waals surface area contributed by atoms with Gasteiger partial charge in [-0.05, 0) is 24.3 Å². The first-order chi connectivity index (χ1) is 10.6. The van der Waals surface area contributed by atoms with Crippen molar-refractivity contribution in [2.24, 2.45) is 0 Å². The van der Waals surface area contributed by atoms with Crippen LogP contribution in [0.25, 0.3) is 11.3 Å².